The largest absolute Gasteiger partial charge is 0.299 e. The van der Waals surface area contributed by atoms with Crippen LogP contribution in [0.5, 0.6) is 0 Å². The molecule has 0 aliphatic carbocycles. The summed E-state index contributed by atoms with van der Waals surface area (Å²) in [7, 11) is 0. The van der Waals surface area contributed by atoms with Gasteiger partial charge in [-0.3, -0.25) is 9.67 Å². The molecule has 6 heteroatoms. The summed E-state index contributed by atoms with van der Waals surface area (Å²) in [5.41, 5.74) is 0.890. The lowest BCUT2D eigenvalue weighted by atomic mass is 10.2. The molecule has 0 atom stereocenters. The number of hydrogen-bond donors (Lipinski definition) is 1. The van der Waals surface area contributed by atoms with Crippen LogP contribution in [0.2, 0.25) is 5.02 Å². The highest BCUT2D eigenvalue weighted by Gasteiger charge is 2.11. The van der Waals surface area contributed by atoms with E-state index in [2.05, 4.69) is 10.2 Å². The number of rotatable bonds is 3. The minimum absolute atomic E-state index is 0.119. The SMILES string of the molecule is CC(C)c1n[nH]c(=S)n1Cc1ccc(F)c(Cl)c1. The number of nitrogens with one attached hydrogen (secondary N) is 1. The van der Waals surface area contributed by atoms with Crippen molar-refractivity contribution >= 4 is 23.8 Å². The van der Waals surface area contributed by atoms with E-state index < -0.39 is 5.82 Å². The van der Waals surface area contributed by atoms with Crippen molar-refractivity contribution in [2.24, 2.45) is 0 Å². The summed E-state index contributed by atoms with van der Waals surface area (Å²) in [4.78, 5) is 0. The topological polar surface area (TPSA) is 33.6 Å². The van der Waals surface area contributed by atoms with Crippen molar-refractivity contribution in [1.82, 2.24) is 14.8 Å². The quantitative estimate of drug-likeness (QED) is 0.868. The lowest BCUT2D eigenvalue weighted by Gasteiger charge is -2.09. The number of H-pyrrole nitrogens is 1. The van der Waals surface area contributed by atoms with E-state index in [1.807, 2.05) is 18.4 Å². The fraction of sp³-hybridized carbons (Fsp3) is 0.333. The van der Waals surface area contributed by atoms with Gasteiger partial charge in [0.2, 0.25) is 0 Å². The maximum atomic E-state index is 13.1. The lowest BCUT2D eigenvalue weighted by molar-refractivity contribution is 0.624. The van der Waals surface area contributed by atoms with Gasteiger partial charge in [-0.05, 0) is 29.9 Å². The van der Waals surface area contributed by atoms with Crippen LogP contribution >= 0.6 is 23.8 Å². The molecule has 0 amide bonds. The first-order chi connectivity index (χ1) is 8.49. The molecule has 0 saturated heterocycles. The Morgan fingerprint density at radius 3 is 2.83 bits per heavy atom. The van der Waals surface area contributed by atoms with Crippen LogP contribution in [-0.4, -0.2) is 14.8 Å². The van der Waals surface area contributed by atoms with Gasteiger partial charge in [0.05, 0.1) is 11.6 Å². The average molecular weight is 286 g/mol. The van der Waals surface area contributed by atoms with Gasteiger partial charge in [0.25, 0.3) is 0 Å². The molecular formula is C12H13ClFN3S. The Labute approximate surface area is 115 Å². The first-order valence-electron chi connectivity index (χ1n) is 5.58. The predicted octanol–water partition coefficient (Wildman–Crippen LogP) is 3.90. The van der Waals surface area contributed by atoms with Gasteiger partial charge in [0.1, 0.15) is 11.6 Å². The molecule has 96 valence electrons. The van der Waals surface area contributed by atoms with Gasteiger partial charge in [0, 0.05) is 5.92 Å². The molecule has 0 bridgehead atoms. The molecule has 0 saturated carbocycles. The van der Waals surface area contributed by atoms with Gasteiger partial charge in [0.15, 0.2) is 4.77 Å². The smallest absolute Gasteiger partial charge is 0.195 e. The maximum absolute atomic E-state index is 13.1. The average Bonchev–Trinajstić information content (AvgIpc) is 2.66. The Morgan fingerprint density at radius 1 is 1.50 bits per heavy atom. The molecule has 0 radical (unpaired) electrons. The highest BCUT2D eigenvalue weighted by Crippen LogP contribution is 2.18. The summed E-state index contributed by atoms with van der Waals surface area (Å²) >= 11 is 11.0. The zero-order chi connectivity index (χ0) is 13.3. The molecule has 0 aliphatic rings. The van der Waals surface area contributed by atoms with Crippen molar-refractivity contribution in [3.8, 4) is 0 Å². The standard InChI is InChI=1S/C12H13ClFN3S/c1-7(2)11-15-16-12(18)17(11)6-8-3-4-10(14)9(13)5-8/h3-5,7H,6H2,1-2H3,(H,16,18). The van der Waals surface area contributed by atoms with Gasteiger partial charge < -0.3 is 0 Å². The second-order valence-electron chi connectivity index (χ2n) is 4.38. The van der Waals surface area contributed by atoms with Crippen LogP contribution < -0.4 is 0 Å². The van der Waals surface area contributed by atoms with Crippen LogP contribution in [0, 0.1) is 10.6 Å². The number of hydrogen-bond acceptors (Lipinski definition) is 2. The summed E-state index contributed by atoms with van der Waals surface area (Å²) in [5.74, 6) is 0.717. The zero-order valence-corrected chi connectivity index (χ0v) is 11.6. The van der Waals surface area contributed by atoms with E-state index in [1.54, 1.807) is 12.1 Å². The molecular weight excluding hydrogens is 273 g/mol. The summed E-state index contributed by atoms with van der Waals surface area (Å²) in [6.07, 6.45) is 0. The van der Waals surface area contributed by atoms with E-state index in [9.17, 15) is 4.39 Å². The molecule has 0 spiro atoms. The Balaban J connectivity index is 2.36. The van der Waals surface area contributed by atoms with Gasteiger partial charge in [-0.25, -0.2) is 4.39 Å². The van der Waals surface area contributed by atoms with Crippen molar-refractivity contribution < 1.29 is 4.39 Å². The lowest BCUT2D eigenvalue weighted by Crippen LogP contribution is -2.07. The van der Waals surface area contributed by atoms with Crippen LogP contribution in [0.4, 0.5) is 4.39 Å². The minimum atomic E-state index is -0.416. The summed E-state index contributed by atoms with van der Waals surface area (Å²) in [6.45, 7) is 4.61. The molecule has 2 rings (SSSR count). The van der Waals surface area contributed by atoms with Crippen molar-refractivity contribution in [2.45, 2.75) is 26.3 Å². The maximum Gasteiger partial charge on any atom is 0.195 e. The Bertz CT molecular complexity index is 618. The van der Waals surface area contributed by atoms with E-state index in [1.165, 1.54) is 6.07 Å². The molecule has 3 nitrogen and oxygen atoms in total. The van der Waals surface area contributed by atoms with E-state index in [0.29, 0.717) is 11.3 Å². The van der Waals surface area contributed by atoms with Crippen molar-refractivity contribution in [3.05, 3.63) is 45.2 Å². The third kappa shape index (κ3) is 2.62. The van der Waals surface area contributed by atoms with Crippen molar-refractivity contribution in [2.75, 3.05) is 0 Å². The highest BCUT2D eigenvalue weighted by atomic mass is 35.5. The molecule has 18 heavy (non-hydrogen) atoms. The van der Waals surface area contributed by atoms with Crippen LogP contribution in [0.1, 0.15) is 31.2 Å². The molecule has 0 fully saturated rings. The van der Waals surface area contributed by atoms with E-state index >= 15 is 0 Å². The molecule has 0 aliphatic heterocycles. The molecule has 1 heterocycles. The third-order valence-electron chi connectivity index (χ3n) is 2.63. The van der Waals surface area contributed by atoms with Crippen molar-refractivity contribution in [1.29, 1.82) is 0 Å². The van der Waals surface area contributed by atoms with Gasteiger partial charge in [-0.1, -0.05) is 31.5 Å². The van der Waals surface area contributed by atoms with Crippen LogP contribution in [-0.2, 0) is 6.54 Å². The number of aromatic amines is 1. The van der Waals surface area contributed by atoms with E-state index in [-0.39, 0.29) is 10.9 Å². The number of halogens is 2. The fourth-order valence-electron chi connectivity index (χ4n) is 1.74. The highest BCUT2D eigenvalue weighted by molar-refractivity contribution is 7.71. The number of aromatic nitrogens is 3. The van der Waals surface area contributed by atoms with E-state index in [4.69, 9.17) is 23.8 Å². The number of nitrogens with zero attached hydrogens (tertiary/aromatic N) is 2. The molecule has 1 N–H and O–H groups in total. The van der Waals surface area contributed by atoms with Crippen LogP contribution in [0.25, 0.3) is 0 Å². The second-order valence-corrected chi connectivity index (χ2v) is 5.17. The molecule has 2 aromatic rings. The Morgan fingerprint density at radius 2 is 2.22 bits per heavy atom. The molecule has 0 unspecified atom stereocenters. The third-order valence-corrected chi connectivity index (χ3v) is 3.23. The fourth-order valence-corrected chi connectivity index (χ4v) is 2.15. The molecule has 1 aromatic heterocycles. The summed E-state index contributed by atoms with van der Waals surface area (Å²) in [5, 5.41) is 7.08. The first-order valence-corrected chi connectivity index (χ1v) is 6.36. The van der Waals surface area contributed by atoms with Gasteiger partial charge in [-0.15, -0.1) is 0 Å². The minimum Gasteiger partial charge on any atom is -0.299 e. The van der Waals surface area contributed by atoms with Crippen molar-refractivity contribution in [3.63, 3.8) is 0 Å². The van der Waals surface area contributed by atoms with Gasteiger partial charge >= 0.3 is 0 Å². The Kier molecular flexibility index (Phi) is 3.82. The van der Waals surface area contributed by atoms with Crippen LogP contribution in [0.3, 0.4) is 0 Å². The van der Waals surface area contributed by atoms with Gasteiger partial charge in [-0.2, -0.15) is 5.10 Å². The number of benzene rings is 1. The van der Waals surface area contributed by atoms with Crippen LogP contribution in [0.15, 0.2) is 18.2 Å². The zero-order valence-electron chi connectivity index (χ0n) is 10.1. The Hall–Kier alpha value is -1.20. The first kappa shape index (κ1) is 13.2. The summed E-state index contributed by atoms with van der Waals surface area (Å²) in [6, 6.07) is 4.66. The second kappa shape index (κ2) is 5.20. The van der Waals surface area contributed by atoms with E-state index in [0.717, 1.165) is 11.4 Å². The predicted molar refractivity (Wildman–Crippen MR) is 72.0 cm³/mol. The monoisotopic (exact) mass is 285 g/mol. The normalized spacial score (nSPS) is 11.2. The summed E-state index contributed by atoms with van der Waals surface area (Å²) < 4.78 is 15.5. The molecule has 1 aromatic carbocycles.